The van der Waals surface area contributed by atoms with Gasteiger partial charge in [-0.3, -0.25) is 9.59 Å². The van der Waals surface area contributed by atoms with Gasteiger partial charge in [0.2, 0.25) is 5.91 Å². The first-order chi connectivity index (χ1) is 11.0. The highest BCUT2D eigenvalue weighted by molar-refractivity contribution is 7.99. The fourth-order valence-electron chi connectivity index (χ4n) is 1.62. The first kappa shape index (κ1) is 17.0. The fourth-order valence-corrected chi connectivity index (χ4v) is 2.35. The van der Waals surface area contributed by atoms with Crippen LogP contribution < -0.4 is 11.1 Å². The molecule has 2 aromatic rings. The van der Waals surface area contributed by atoms with Crippen LogP contribution in [0.5, 0.6) is 0 Å². The number of amides is 2. The topological polar surface area (TPSA) is 98.0 Å². The van der Waals surface area contributed by atoms with Crippen molar-refractivity contribution in [3.8, 4) is 0 Å². The number of carbonyl (C=O) groups excluding carboxylic acids is 2. The van der Waals surface area contributed by atoms with E-state index in [1.165, 1.54) is 30.1 Å². The van der Waals surface area contributed by atoms with E-state index < -0.39 is 11.8 Å². The Balaban J connectivity index is 2.16. The van der Waals surface area contributed by atoms with E-state index >= 15 is 0 Å². The lowest BCUT2D eigenvalue weighted by Crippen LogP contribution is -2.16. The van der Waals surface area contributed by atoms with Crippen LogP contribution in [0.2, 0.25) is 5.02 Å². The highest BCUT2D eigenvalue weighted by Crippen LogP contribution is 2.19. The van der Waals surface area contributed by atoms with Gasteiger partial charge >= 0.3 is 0 Å². The number of halogens is 1. The van der Waals surface area contributed by atoms with Crippen LogP contribution in [-0.2, 0) is 0 Å². The number of hydrogen-bond acceptors (Lipinski definition) is 5. The molecule has 0 aliphatic carbocycles. The van der Waals surface area contributed by atoms with Crippen molar-refractivity contribution in [1.82, 2.24) is 9.97 Å². The van der Waals surface area contributed by atoms with Gasteiger partial charge in [-0.25, -0.2) is 9.97 Å². The van der Waals surface area contributed by atoms with E-state index in [2.05, 4.69) is 21.9 Å². The third-order valence-electron chi connectivity index (χ3n) is 2.69. The molecule has 1 heterocycles. The van der Waals surface area contributed by atoms with Crippen molar-refractivity contribution in [1.29, 1.82) is 0 Å². The second-order valence-electron chi connectivity index (χ2n) is 4.34. The molecule has 2 amide bonds. The van der Waals surface area contributed by atoms with Crippen LogP contribution in [0.4, 0.5) is 5.69 Å². The number of primary amides is 1. The maximum Gasteiger partial charge on any atom is 0.275 e. The molecule has 1 aromatic carbocycles. The zero-order valence-electron chi connectivity index (χ0n) is 12.0. The molecule has 0 atom stereocenters. The number of carbonyl (C=O) groups is 2. The summed E-state index contributed by atoms with van der Waals surface area (Å²) >= 11 is 7.32. The minimum Gasteiger partial charge on any atom is -0.366 e. The Hall–Kier alpha value is -2.38. The highest BCUT2D eigenvalue weighted by atomic mass is 35.5. The second kappa shape index (κ2) is 7.75. The molecule has 1 aromatic heterocycles. The van der Waals surface area contributed by atoms with Gasteiger partial charge in [0.15, 0.2) is 10.9 Å². The van der Waals surface area contributed by atoms with Gasteiger partial charge < -0.3 is 11.1 Å². The van der Waals surface area contributed by atoms with E-state index in [-0.39, 0.29) is 10.7 Å². The molecule has 0 bridgehead atoms. The number of hydrogen-bond donors (Lipinski definition) is 2. The number of aromatic nitrogens is 2. The zero-order chi connectivity index (χ0) is 16.8. The maximum absolute atomic E-state index is 12.3. The molecule has 3 N–H and O–H groups in total. The van der Waals surface area contributed by atoms with E-state index in [1.807, 2.05) is 0 Å². The number of thioether (sulfide) groups is 1. The summed E-state index contributed by atoms with van der Waals surface area (Å²) in [6.45, 7) is 3.61. The summed E-state index contributed by atoms with van der Waals surface area (Å²) < 4.78 is 0. The third-order valence-corrected chi connectivity index (χ3v) is 3.83. The normalized spacial score (nSPS) is 10.1. The van der Waals surface area contributed by atoms with Gasteiger partial charge in [0.25, 0.3) is 5.91 Å². The van der Waals surface area contributed by atoms with E-state index in [0.717, 1.165) is 0 Å². The van der Waals surface area contributed by atoms with Gasteiger partial charge in [0, 0.05) is 17.0 Å². The first-order valence-electron chi connectivity index (χ1n) is 6.48. The predicted octanol–water partition coefficient (Wildman–Crippen LogP) is 2.76. The molecule has 0 radical (unpaired) electrons. The van der Waals surface area contributed by atoms with Gasteiger partial charge in [0.1, 0.15) is 0 Å². The number of nitrogens with two attached hydrogens (primary N) is 1. The van der Waals surface area contributed by atoms with Crippen LogP contribution >= 0.6 is 23.4 Å². The lowest BCUT2D eigenvalue weighted by atomic mass is 10.2. The van der Waals surface area contributed by atoms with E-state index in [9.17, 15) is 9.59 Å². The minimum absolute atomic E-state index is 0.0761. The van der Waals surface area contributed by atoms with Gasteiger partial charge in [-0.2, -0.15) is 0 Å². The average molecular weight is 349 g/mol. The van der Waals surface area contributed by atoms with E-state index in [0.29, 0.717) is 22.2 Å². The van der Waals surface area contributed by atoms with Crippen molar-refractivity contribution in [3.63, 3.8) is 0 Å². The molecule has 2 rings (SSSR count). The number of benzene rings is 1. The highest BCUT2D eigenvalue weighted by Gasteiger charge is 2.14. The summed E-state index contributed by atoms with van der Waals surface area (Å²) in [5, 5.41) is 3.24. The Kier molecular flexibility index (Phi) is 5.72. The molecule has 0 saturated carbocycles. The van der Waals surface area contributed by atoms with Gasteiger partial charge in [-0.1, -0.05) is 29.4 Å². The van der Waals surface area contributed by atoms with Crippen LogP contribution in [0.3, 0.4) is 0 Å². The van der Waals surface area contributed by atoms with E-state index in [4.69, 9.17) is 17.3 Å². The van der Waals surface area contributed by atoms with Crippen LogP contribution in [0.1, 0.15) is 20.8 Å². The van der Waals surface area contributed by atoms with Gasteiger partial charge in [0.05, 0.1) is 11.2 Å². The summed E-state index contributed by atoms with van der Waals surface area (Å²) in [5.74, 6) is -0.382. The Labute approximate surface area is 142 Å². The van der Waals surface area contributed by atoms with Crippen LogP contribution in [0.25, 0.3) is 0 Å². The fraction of sp³-hybridized carbons (Fsp3) is 0.0667. The summed E-state index contributed by atoms with van der Waals surface area (Å²) in [7, 11) is 0. The van der Waals surface area contributed by atoms with Crippen molar-refractivity contribution in [2.75, 3.05) is 11.1 Å². The first-order valence-corrected chi connectivity index (χ1v) is 7.85. The molecule has 0 aliphatic heterocycles. The zero-order valence-corrected chi connectivity index (χ0v) is 13.5. The standard InChI is InChI=1S/C15H13ClN4O2S/c1-2-7-23-15-18-8-11(16)12(20-15)14(22)19-10-5-3-9(4-6-10)13(17)21/h2-6,8H,1,7H2,(H2,17,21)(H,19,22). The quantitative estimate of drug-likeness (QED) is 0.475. The average Bonchev–Trinajstić information content (AvgIpc) is 2.54. The summed E-state index contributed by atoms with van der Waals surface area (Å²) in [4.78, 5) is 31.5. The van der Waals surface area contributed by atoms with E-state index in [1.54, 1.807) is 18.2 Å². The molecule has 0 aliphatic rings. The Morgan fingerprint density at radius 2 is 2.04 bits per heavy atom. The van der Waals surface area contributed by atoms with Crippen molar-refractivity contribution in [2.45, 2.75) is 5.16 Å². The molecule has 0 saturated heterocycles. The van der Waals surface area contributed by atoms with Crippen molar-refractivity contribution < 1.29 is 9.59 Å². The minimum atomic E-state index is -0.536. The number of rotatable bonds is 6. The van der Waals surface area contributed by atoms with Crippen LogP contribution in [0.15, 0.2) is 48.3 Å². The number of nitrogens with one attached hydrogen (secondary N) is 1. The summed E-state index contributed by atoms with van der Waals surface area (Å²) in [6.07, 6.45) is 3.09. The molecular formula is C15H13ClN4O2S. The molecule has 23 heavy (non-hydrogen) atoms. The van der Waals surface area contributed by atoms with Gasteiger partial charge in [-0.15, -0.1) is 6.58 Å². The molecular weight excluding hydrogens is 336 g/mol. The lowest BCUT2D eigenvalue weighted by molar-refractivity contribution is 0.0997. The molecule has 0 unspecified atom stereocenters. The smallest absolute Gasteiger partial charge is 0.275 e. The van der Waals surface area contributed by atoms with Crippen molar-refractivity contribution >= 4 is 40.9 Å². The van der Waals surface area contributed by atoms with Crippen LogP contribution in [0, 0.1) is 0 Å². The summed E-state index contributed by atoms with van der Waals surface area (Å²) in [6, 6.07) is 6.18. The molecule has 8 heteroatoms. The van der Waals surface area contributed by atoms with Crippen LogP contribution in [-0.4, -0.2) is 27.5 Å². The lowest BCUT2D eigenvalue weighted by Gasteiger charge is -2.07. The monoisotopic (exact) mass is 348 g/mol. The molecule has 118 valence electrons. The molecule has 0 fully saturated rings. The Morgan fingerprint density at radius 3 is 2.65 bits per heavy atom. The van der Waals surface area contributed by atoms with Gasteiger partial charge in [-0.05, 0) is 24.3 Å². The number of anilines is 1. The number of nitrogens with zero attached hydrogens (tertiary/aromatic N) is 2. The predicted molar refractivity (Wildman–Crippen MR) is 90.9 cm³/mol. The Bertz CT molecular complexity index is 750. The second-order valence-corrected chi connectivity index (χ2v) is 5.74. The summed E-state index contributed by atoms with van der Waals surface area (Å²) in [5.41, 5.74) is 6.09. The third kappa shape index (κ3) is 4.54. The van der Waals surface area contributed by atoms with Crippen molar-refractivity contribution in [2.24, 2.45) is 5.73 Å². The molecule has 0 spiro atoms. The SMILES string of the molecule is C=CCSc1ncc(Cl)c(C(=O)Nc2ccc(C(N)=O)cc2)n1. The maximum atomic E-state index is 12.3. The largest absolute Gasteiger partial charge is 0.366 e. The molecule has 6 nitrogen and oxygen atoms in total. The Morgan fingerprint density at radius 1 is 1.35 bits per heavy atom. The van der Waals surface area contributed by atoms with Crippen molar-refractivity contribution in [3.05, 3.63) is 59.4 Å².